The summed E-state index contributed by atoms with van der Waals surface area (Å²) in [5.74, 6) is -4.28. The van der Waals surface area contributed by atoms with Gasteiger partial charge in [-0.2, -0.15) is 0 Å². The van der Waals surface area contributed by atoms with Gasteiger partial charge in [-0.25, -0.2) is 4.79 Å². The van der Waals surface area contributed by atoms with Crippen LogP contribution in [-0.2, 0) is 30.3 Å². The molecule has 1 heterocycles. The number of esters is 1. The summed E-state index contributed by atoms with van der Waals surface area (Å²) in [5, 5.41) is 40.3. The Bertz CT molecular complexity index is 1350. The number of phenols is 1. The Morgan fingerprint density at radius 3 is 2.29 bits per heavy atom. The van der Waals surface area contributed by atoms with Crippen molar-refractivity contribution in [1.82, 2.24) is 16.0 Å². The topological polar surface area (TPSA) is 282 Å². The van der Waals surface area contributed by atoms with E-state index in [1.54, 1.807) is 12.1 Å². The number of nitrogens with one attached hydrogen (secondary N) is 3. The monoisotopic (exact) mass is 719 g/mol. The number of benzene rings is 1. The molecule has 12 N–H and O–H groups in total. The zero-order valence-electron chi connectivity index (χ0n) is 29.9. The minimum Gasteiger partial charge on any atom is -0.507 e. The third-order valence-corrected chi connectivity index (χ3v) is 8.63. The highest BCUT2D eigenvalue weighted by atomic mass is 16.5. The van der Waals surface area contributed by atoms with E-state index < -0.39 is 72.5 Å². The Hall–Kier alpha value is -4.44. The van der Waals surface area contributed by atoms with Gasteiger partial charge in [0.1, 0.15) is 29.6 Å². The zero-order valence-corrected chi connectivity index (χ0v) is 29.9. The molecular formula is C35H57N7O9. The highest BCUT2D eigenvalue weighted by Gasteiger charge is 2.39. The average molecular weight is 720 g/mol. The SMILES string of the molecule is CCCCCCCCC(=O)N[C@H](CC(N)=O)C(=O)N[C@@H](CCCN=C(N)N)[C@H](O)[C@H](O)C(=O)N[C@@H](CC(C)C)[C@@H]1Cc2cccc(O)c2C(=O)O1. The van der Waals surface area contributed by atoms with Crippen LogP contribution in [0.25, 0.3) is 0 Å². The first-order valence-corrected chi connectivity index (χ1v) is 17.8. The second kappa shape index (κ2) is 21.7. The molecule has 0 aliphatic carbocycles. The fraction of sp³-hybridized carbons (Fsp3) is 0.657. The van der Waals surface area contributed by atoms with Crippen molar-refractivity contribution in [1.29, 1.82) is 0 Å². The molecule has 286 valence electrons. The average Bonchev–Trinajstić information content (AvgIpc) is 3.05. The van der Waals surface area contributed by atoms with Crippen molar-refractivity contribution in [3.63, 3.8) is 0 Å². The number of guanidine groups is 1. The highest BCUT2D eigenvalue weighted by molar-refractivity contribution is 5.95. The first kappa shape index (κ1) is 42.7. The van der Waals surface area contributed by atoms with E-state index in [1.165, 1.54) is 6.07 Å². The Balaban J connectivity index is 2.19. The van der Waals surface area contributed by atoms with Crippen LogP contribution in [0.15, 0.2) is 23.2 Å². The number of carbonyl (C=O) groups is 5. The summed E-state index contributed by atoms with van der Waals surface area (Å²) in [6.07, 6.45) is 1.23. The third-order valence-electron chi connectivity index (χ3n) is 8.63. The molecule has 1 aromatic carbocycles. The van der Waals surface area contributed by atoms with Gasteiger partial charge in [-0.3, -0.25) is 24.2 Å². The number of aliphatic imine (C=N–C) groups is 1. The molecule has 4 amide bonds. The molecule has 16 heteroatoms. The minimum absolute atomic E-state index is 0.0149. The summed E-state index contributed by atoms with van der Waals surface area (Å²) in [4.78, 5) is 68.0. The molecule has 0 spiro atoms. The number of phenolic OH excluding ortho intramolecular Hbond substituents is 1. The molecule has 1 aliphatic heterocycles. The number of rotatable bonds is 23. The number of cyclic esters (lactones) is 1. The minimum atomic E-state index is -2.07. The number of nitrogens with two attached hydrogens (primary N) is 3. The molecule has 6 atom stereocenters. The Morgan fingerprint density at radius 2 is 1.65 bits per heavy atom. The van der Waals surface area contributed by atoms with Gasteiger partial charge in [-0.15, -0.1) is 0 Å². The van der Waals surface area contributed by atoms with Crippen molar-refractivity contribution in [3.05, 3.63) is 29.3 Å². The van der Waals surface area contributed by atoms with Gasteiger partial charge >= 0.3 is 5.97 Å². The van der Waals surface area contributed by atoms with Crippen LogP contribution in [0, 0.1) is 5.92 Å². The van der Waals surface area contributed by atoms with E-state index in [-0.39, 0.29) is 55.4 Å². The lowest BCUT2D eigenvalue weighted by Crippen LogP contribution is -2.59. The van der Waals surface area contributed by atoms with E-state index in [4.69, 9.17) is 21.9 Å². The normalized spacial score (nSPS) is 16.8. The molecule has 0 saturated heterocycles. The van der Waals surface area contributed by atoms with Crippen molar-refractivity contribution in [3.8, 4) is 5.75 Å². The molecule has 0 saturated carbocycles. The van der Waals surface area contributed by atoms with Crippen LogP contribution in [0.3, 0.4) is 0 Å². The Morgan fingerprint density at radius 1 is 0.961 bits per heavy atom. The van der Waals surface area contributed by atoms with Gasteiger partial charge in [-0.05, 0) is 43.2 Å². The first-order valence-electron chi connectivity index (χ1n) is 17.8. The number of aliphatic hydroxyl groups is 2. The van der Waals surface area contributed by atoms with E-state index >= 15 is 0 Å². The molecule has 0 fully saturated rings. The predicted molar refractivity (Wildman–Crippen MR) is 190 cm³/mol. The van der Waals surface area contributed by atoms with Crippen LogP contribution in [0.4, 0.5) is 0 Å². The number of unbranched alkanes of at least 4 members (excludes halogenated alkanes) is 5. The Labute approximate surface area is 299 Å². The Kier molecular flexibility index (Phi) is 18.2. The van der Waals surface area contributed by atoms with E-state index in [0.717, 1.165) is 32.1 Å². The quantitative estimate of drug-likeness (QED) is 0.0322. The fourth-order valence-electron chi connectivity index (χ4n) is 6.00. The standard InChI is InChI=1S/C35H57N7O9/c1-4-5-6-7-8-9-15-28(45)40-24(19-27(36)44)32(48)41-22(13-11-16-39-35(37)38)30(46)31(47)33(49)42-23(17-20(2)3)26-18-21-12-10-14-25(43)29(21)34(50)51-26/h10,12,14,20,22-24,26,30-31,43,46-47H,4-9,11,13,15-19H2,1-3H3,(H2,36,44)(H,40,45)(H,41,48)(H,42,49)(H4,37,38,39)/t22-,23-,24+,26-,30-,31-/m0/s1. The van der Waals surface area contributed by atoms with Crippen molar-refractivity contribution < 1.29 is 44.0 Å². The van der Waals surface area contributed by atoms with Crippen molar-refractivity contribution in [2.75, 3.05) is 6.54 Å². The smallest absolute Gasteiger partial charge is 0.342 e. The second-order valence-electron chi connectivity index (χ2n) is 13.5. The van der Waals surface area contributed by atoms with Gasteiger partial charge in [-0.1, -0.05) is 65.0 Å². The van der Waals surface area contributed by atoms with Crippen LogP contribution in [0.1, 0.15) is 107 Å². The molecule has 2 rings (SSSR count). The number of ether oxygens (including phenoxy) is 1. The predicted octanol–water partition coefficient (Wildman–Crippen LogP) is 0.376. The number of aromatic hydroxyl groups is 1. The number of nitrogens with zero attached hydrogens (tertiary/aromatic N) is 1. The summed E-state index contributed by atoms with van der Waals surface area (Å²) in [6.45, 7) is 6.00. The maximum Gasteiger partial charge on any atom is 0.342 e. The van der Waals surface area contributed by atoms with Crippen molar-refractivity contribution in [2.45, 2.75) is 134 Å². The van der Waals surface area contributed by atoms with Gasteiger partial charge in [0.05, 0.1) is 18.5 Å². The summed E-state index contributed by atoms with van der Waals surface area (Å²) < 4.78 is 5.60. The fourth-order valence-corrected chi connectivity index (χ4v) is 6.00. The molecule has 0 unspecified atom stereocenters. The molecule has 0 bridgehead atoms. The first-order chi connectivity index (χ1) is 24.1. The molecule has 0 aromatic heterocycles. The maximum atomic E-state index is 13.4. The highest BCUT2D eigenvalue weighted by Crippen LogP contribution is 2.30. The molecule has 51 heavy (non-hydrogen) atoms. The van der Waals surface area contributed by atoms with Crippen LogP contribution in [-0.4, -0.2) is 93.9 Å². The van der Waals surface area contributed by atoms with E-state index in [9.17, 15) is 39.3 Å². The lowest BCUT2D eigenvalue weighted by molar-refractivity contribution is -0.140. The second-order valence-corrected chi connectivity index (χ2v) is 13.5. The van der Waals surface area contributed by atoms with E-state index in [0.29, 0.717) is 18.4 Å². The number of fused-ring (bicyclic) bond motifs is 1. The number of carbonyl (C=O) groups excluding carboxylic acids is 5. The molecule has 0 radical (unpaired) electrons. The van der Waals surface area contributed by atoms with Crippen molar-refractivity contribution in [2.24, 2.45) is 28.1 Å². The largest absolute Gasteiger partial charge is 0.507 e. The van der Waals surface area contributed by atoms with Crippen LogP contribution < -0.4 is 33.2 Å². The molecule has 16 nitrogen and oxygen atoms in total. The van der Waals surface area contributed by atoms with Gasteiger partial charge in [0.2, 0.25) is 17.7 Å². The summed E-state index contributed by atoms with van der Waals surface area (Å²) in [6, 6.07) is 1.23. The molecule has 1 aliphatic rings. The van der Waals surface area contributed by atoms with Crippen molar-refractivity contribution >= 4 is 35.6 Å². The zero-order chi connectivity index (χ0) is 38.1. The third kappa shape index (κ3) is 14.7. The number of aliphatic hydroxyl groups excluding tert-OH is 2. The lowest BCUT2D eigenvalue weighted by atomic mass is 9.90. The van der Waals surface area contributed by atoms with Crippen LogP contribution in [0.2, 0.25) is 0 Å². The number of hydrogen-bond donors (Lipinski definition) is 9. The summed E-state index contributed by atoms with van der Waals surface area (Å²) in [7, 11) is 0. The van der Waals surface area contributed by atoms with Crippen LogP contribution >= 0.6 is 0 Å². The van der Waals surface area contributed by atoms with Crippen LogP contribution in [0.5, 0.6) is 5.75 Å². The molecule has 1 aromatic rings. The molecular weight excluding hydrogens is 662 g/mol. The summed E-state index contributed by atoms with van der Waals surface area (Å²) >= 11 is 0. The maximum absolute atomic E-state index is 13.4. The number of hydrogen-bond acceptors (Lipinski definition) is 10. The van der Waals surface area contributed by atoms with Gasteiger partial charge in [0.25, 0.3) is 5.91 Å². The number of primary amides is 1. The van der Waals surface area contributed by atoms with E-state index in [2.05, 4.69) is 27.9 Å². The lowest BCUT2D eigenvalue weighted by Gasteiger charge is -2.34. The summed E-state index contributed by atoms with van der Waals surface area (Å²) in [5.41, 5.74) is 16.8. The van der Waals surface area contributed by atoms with E-state index in [1.807, 2.05) is 13.8 Å². The van der Waals surface area contributed by atoms with Gasteiger partial charge < -0.3 is 53.2 Å². The number of amides is 4. The van der Waals surface area contributed by atoms with Gasteiger partial charge in [0.15, 0.2) is 12.1 Å². The van der Waals surface area contributed by atoms with Gasteiger partial charge in [0, 0.05) is 19.4 Å².